The molecular formula is C19H25N3O5. The van der Waals surface area contributed by atoms with Crippen LogP contribution in [0.3, 0.4) is 0 Å². The standard InChI is InChI=1S/C19H25N3O5/c1-12(2)16(17(24)21-19(20)26)27-18(25)14-10-15(23)22(11-14)9-8-13-6-4-3-5-7-13/h3-7,12,14,16H,8-11H2,1-2H3,(H3,20,21,24,26)/t14-,16-/m0/s1. The van der Waals surface area contributed by atoms with Gasteiger partial charge in [0.1, 0.15) is 0 Å². The number of urea groups is 1. The number of likely N-dealkylation sites (tertiary alicyclic amines) is 1. The van der Waals surface area contributed by atoms with Gasteiger partial charge in [-0.1, -0.05) is 44.2 Å². The number of nitrogens with zero attached hydrogens (tertiary/aromatic N) is 1. The van der Waals surface area contributed by atoms with Gasteiger partial charge in [0, 0.05) is 19.5 Å². The minimum Gasteiger partial charge on any atom is -0.452 e. The predicted octanol–water partition coefficient (Wildman–Crippen LogP) is 0.840. The number of nitrogens with one attached hydrogen (secondary N) is 1. The molecule has 2 rings (SSSR count). The summed E-state index contributed by atoms with van der Waals surface area (Å²) in [7, 11) is 0. The Labute approximate surface area is 158 Å². The van der Waals surface area contributed by atoms with Crippen molar-refractivity contribution < 1.29 is 23.9 Å². The Kier molecular flexibility index (Phi) is 6.92. The minimum absolute atomic E-state index is 0.0515. The molecule has 1 saturated heterocycles. The summed E-state index contributed by atoms with van der Waals surface area (Å²) >= 11 is 0. The van der Waals surface area contributed by atoms with Gasteiger partial charge >= 0.3 is 12.0 Å². The Balaban J connectivity index is 1.91. The van der Waals surface area contributed by atoms with Gasteiger partial charge in [-0.25, -0.2) is 4.79 Å². The molecule has 3 N–H and O–H groups in total. The number of nitrogens with two attached hydrogens (primary N) is 1. The van der Waals surface area contributed by atoms with Gasteiger partial charge in [0.25, 0.3) is 5.91 Å². The summed E-state index contributed by atoms with van der Waals surface area (Å²) in [6.45, 7) is 4.14. The van der Waals surface area contributed by atoms with E-state index in [0.717, 1.165) is 5.56 Å². The van der Waals surface area contributed by atoms with Crippen molar-refractivity contribution in [3.63, 3.8) is 0 Å². The van der Waals surface area contributed by atoms with Crippen LogP contribution in [0.15, 0.2) is 30.3 Å². The van der Waals surface area contributed by atoms with Crippen molar-refractivity contribution in [2.75, 3.05) is 13.1 Å². The SMILES string of the molecule is CC(C)[C@H](OC(=O)[C@H]1CC(=O)N(CCc2ccccc2)C1)C(=O)NC(N)=O. The molecule has 1 aliphatic heterocycles. The monoisotopic (exact) mass is 375 g/mol. The molecule has 2 atom stereocenters. The van der Waals surface area contributed by atoms with Crippen LogP contribution in [-0.2, 0) is 25.5 Å². The summed E-state index contributed by atoms with van der Waals surface area (Å²) in [6, 6.07) is 8.75. The fraction of sp³-hybridized carbons (Fsp3) is 0.474. The molecule has 0 spiro atoms. The molecule has 1 fully saturated rings. The first kappa shape index (κ1) is 20.4. The third-order valence-electron chi connectivity index (χ3n) is 4.41. The van der Waals surface area contributed by atoms with Gasteiger partial charge in [-0.15, -0.1) is 0 Å². The van der Waals surface area contributed by atoms with Crippen LogP contribution in [0.2, 0.25) is 0 Å². The number of carbonyl (C=O) groups is 4. The molecule has 27 heavy (non-hydrogen) atoms. The molecule has 0 radical (unpaired) electrons. The highest BCUT2D eigenvalue weighted by atomic mass is 16.5. The fourth-order valence-electron chi connectivity index (χ4n) is 2.96. The number of ether oxygens (including phenoxy) is 1. The lowest BCUT2D eigenvalue weighted by molar-refractivity contribution is -0.162. The predicted molar refractivity (Wildman–Crippen MR) is 97.3 cm³/mol. The molecule has 1 aliphatic rings. The number of rotatable bonds is 7. The molecule has 8 nitrogen and oxygen atoms in total. The van der Waals surface area contributed by atoms with Gasteiger partial charge in [-0.2, -0.15) is 0 Å². The van der Waals surface area contributed by atoms with Gasteiger partial charge in [-0.05, 0) is 17.9 Å². The molecule has 0 bridgehead atoms. The number of primary amides is 1. The van der Waals surface area contributed by atoms with Crippen LogP contribution < -0.4 is 11.1 Å². The molecule has 4 amide bonds. The molecule has 8 heteroatoms. The van der Waals surface area contributed by atoms with Gasteiger partial charge in [-0.3, -0.25) is 19.7 Å². The number of hydrogen-bond acceptors (Lipinski definition) is 5. The van der Waals surface area contributed by atoms with Crippen LogP contribution >= 0.6 is 0 Å². The topological polar surface area (TPSA) is 119 Å². The van der Waals surface area contributed by atoms with Crippen molar-refractivity contribution in [2.24, 2.45) is 17.6 Å². The zero-order valence-electron chi connectivity index (χ0n) is 15.5. The van der Waals surface area contributed by atoms with Crippen molar-refractivity contribution in [1.82, 2.24) is 10.2 Å². The largest absolute Gasteiger partial charge is 0.452 e. The van der Waals surface area contributed by atoms with Crippen molar-refractivity contribution in [2.45, 2.75) is 32.8 Å². The molecule has 0 aromatic heterocycles. The van der Waals surface area contributed by atoms with Crippen LogP contribution in [0.25, 0.3) is 0 Å². The molecule has 146 valence electrons. The van der Waals surface area contributed by atoms with Gasteiger partial charge in [0.2, 0.25) is 5.91 Å². The molecule has 1 heterocycles. The normalized spacial score (nSPS) is 17.7. The average molecular weight is 375 g/mol. The lowest BCUT2D eigenvalue weighted by atomic mass is 10.1. The molecule has 0 saturated carbocycles. The van der Waals surface area contributed by atoms with Gasteiger partial charge < -0.3 is 15.4 Å². The second-order valence-electron chi connectivity index (χ2n) is 6.93. The lowest BCUT2D eigenvalue weighted by Crippen LogP contribution is -2.46. The maximum absolute atomic E-state index is 12.4. The Morgan fingerprint density at radius 2 is 1.93 bits per heavy atom. The van der Waals surface area contributed by atoms with E-state index in [0.29, 0.717) is 13.0 Å². The van der Waals surface area contributed by atoms with Gasteiger partial charge in [0.15, 0.2) is 6.10 Å². The van der Waals surface area contributed by atoms with Crippen LogP contribution in [0.4, 0.5) is 4.79 Å². The molecule has 1 aromatic rings. The van der Waals surface area contributed by atoms with Crippen molar-refractivity contribution in [3.8, 4) is 0 Å². The van der Waals surface area contributed by atoms with E-state index in [4.69, 9.17) is 10.5 Å². The summed E-state index contributed by atoms with van der Waals surface area (Å²) < 4.78 is 5.28. The number of hydrogen-bond donors (Lipinski definition) is 2. The summed E-state index contributed by atoms with van der Waals surface area (Å²) in [5.74, 6) is -2.48. The quantitative estimate of drug-likeness (QED) is 0.685. The maximum Gasteiger partial charge on any atom is 0.318 e. The summed E-state index contributed by atoms with van der Waals surface area (Å²) in [5.41, 5.74) is 6.05. The van der Waals surface area contributed by atoms with Crippen LogP contribution in [-0.4, -0.2) is 47.9 Å². The molecular weight excluding hydrogens is 350 g/mol. The van der Waals surface area contributed by atoms with Crippen LogP contribution in [0, 0.1) is 11.8 Å². The Hall–Kier alpha value is -2.90. The van der Waals surface area contributed by atoms with E-state index in [1.807, 2.05) is 35.6 Å². The van der Waals surface area contributed by atoms with Crippen molar-refractivity contribution in [3.05, 3.63) is 35.9 Å². The Bertz CT molecular complexity index is 705. The zero-order chi connectivity index (χ0) is 20.0. The van der Waals surface area contributed by atoms with Crippen LogP contribution in [0.5, 0.6) is 0 Å². The highest BCUT2D eigenvalue weighted by Crippen LogP contribution is 2.21. The van der Waals surface area contributed by atoms with E-state index in [2.05, 4.69) is 0 Å². The first-order valence-electron chi connectivity index (χ1n) is 8.90. The van der Waals surface area contributed by atoms with Gasteiger partial charge in [0.05, 0.1) is 5.92 Å². The highest BCUT2D eigenvalue weighted by molar-refractivity contribution is 5.97. The zero-order valence-corrected chi connectivity index (χ0v) is 15.5. The van der Waals surface area contributed by atoms with E-state index in [1.54, 1.807) is 18.7 Å². The maximum atomic E-state index is 12.4. The van der Waals surface area contributed by atoms with Crippen molar-refractivity contribution >= 4 is 23.8 Å². The summed E-state index contributed by atoms with van der Waals surface area (Å²) in [5, 5.41) is 1.92. The number of esters is 1. The van der Waals surface area contributed by atoms with E-state index in [9.17, 15) is 19.2 Å². The smallest absolute Gasteiger partial charge is 0.318 e. The second-order valence-corrected chi connectivity index (χ2v) is 6.93. The number of benzene rings is 1. The number of imide groups is 1. The van der Waals surface area contributed by atoms with E-state index in [-0.39, 0.29) is 24.8 Å². The molecule has 1 aromatic carbocycles. The Morgan fingerprint density at radius 1 is 1.26 bits per heavy atom. The minimum atomic E-state index is -1.14. The lowest BCUT2D eigenvalue weighted by Gasteiger charge is -2.22. The van der Waals surface area contributed by atoms with Crippen LogP contribution in [0.1, 0.15) is 25.8 Å². The summed E-state index contributed by atoms with van der Waals surface area (Å²) in [4.78, 5) is 49.1. The van der Waals surface area contributed by atoms with Crippen molar-refractivity contribution in [1.29, 1.82) is 0 Å². The first-order chi connectivity index (χ1) is 12.8. The average Bonchev–Trinajstić information content (AvgIpc) is 2.98. The third kappa shape index (κ3) is 5.80. The second kappa shape index (κ2) is 9.16. The number of carbonyl (C=O) groups excluding carboxylic acids is 4. The fourth-order valence-corrected chi connectivity index (χ4v) is 2.96. The van der Waals surface area contributed by atoms with E-state index >= 15 is 0 Å². The first-order valence-corrected chi connectivity index (χ1v) is 8.90. The molecule has 0 aliphatic carbocycles. The van der Waals surface area contributed by atoms with E-state index in [1.165, 1.54) is 0 Å². The highest BCUT2D eigenvalue weighted by Gasteiger charge is 2.37. The molecule has 0 unspecified atom stereocenters. The van der Waals surface area contributed by atoms with E-state index < -0.39 is 29.9 Å². The third-order valence-corrected chi connectivity index (χ3v) is 4.41. The summed E-state index contributed by atoms with van der Waals surface area (Å²) in [6.07, 6.45) is -0.390. The number of amides is 4. The Morgan fingerprint density at radius 3 is 2.52 bits per heavy atom.